The first-order valence-electron chi connectivity index (χ1n) is 8.07. The van der Waals surface area contributed by atoms with Crippen LogP contribution in [-0.2, 0) is 14.2 Å². The molecule has 0 N–H and O–H groups in total. The molecule has 5 rings (SSSR count). The van der Waals surface area contributed by atoms with E-state index in [0.29, 0.717) is 11.8 Å². The fourth-order valence-electron chi connectivity index (χ4n) is 4.56. The minimum absolute atomic E-state index is 0.261. The molecule has 5 aliphatic rings. The van der Waals surface area contributed by atoms with E-state index in [1.165, 1.54) is 11.1 Å². The van der Waals surface area contributed by atoms with Gasteiger partial charge in [-0.25, -0.2) is 0 Å². The second-order valence-corrected chi connectivity index (χ2v) is 6.84. The van der Waals surface area contributed by atoms with E-state index in [1.807, 2.05) is 6.08 Å². The van der Waals surface area contributed by atoms with Crippen molar-refractivity contribution >= 4 is 0 Å². The lowest BCUT2D eigenvalue weighted by molar-refractivity contribution is -0.462. The summed E-state index contributed by atoms with van der Waals surface area (Å²) < 4.78 is 17.4. The van der Waals surface area contributed by atoms with Gasteiger partial charge in [-0.05, 0) is 54.9 Å². The van der Waals surface area contributed by atoms with Gasteiger partial charge < -0.3 is 14.2 Å². The number of nitrogens with zero attached hydrogens (tertiary/aromatic N) is 1. The molecule has 2 heterocycles. The van der Waals surface area contributed by atoms with E-state index >= 15 is 0 Å². The van der Waals surface area contributed by atoms with Crippen molar-refractivity contribution in [2.24, 2.45) is 11.3 Å². The standard InChI is InChI=1S/C18H18NO4/c1-21-17-8-18-6-11-2-3-12(9-19(17)20)13(4-11)14(18)5-15-16(7-18)23-10-22-15/h5,7-9,11H,2-4,6,10H2,1H3/q+1/b12-9-,17-8+. The Labute approximate surface area is 134 Å². The molecule has 2 atom stereocenters. The highest BCUT2D eigenvalue weighted by Gasteiger charge is 2.48. The second-order valence-electron chi connectivity index (χ2n) is 6.84. The summed E-state index contributed by atoms with van der Waals surface area (Å²) in [5, 5.41) is 0. The molecule has 2 unspecified atom stereocenters. The third-order valence-corrected chi connectivity index (χ3v) is 5.57. The molecule has 0 radical (unpaired) electrons. The molecule has 3 bridgehead atoms. The van der Waals surface area contributed by atoms with Crippen LogP contribution in [0.4, 0.5) is 0 Å². The number of hydrogen-bond donors (Lipinski definition) is 0. The van der Waals surface area contributed by atoms with Crippen LogP contribution < -0.4 is 0 Å². The molecule has 3 aliphatic carbocycles. The number of ether oxygens (including phenoxy) is 3. The van der Waals surface area contributed by atoms with Gasteiger partial charge in [0.2, 0.25) is 13.0 Å². The zero-order valence-electron chi connectivity index (χ0n) is 13.0. The molecule has 1 saturated carbocycles. The molecule has 1 saturated heterocycles. The van der Waals surface area contributed by atoms with E-state index < -0.39 is 0 Å². The number of hydrogen-bond acceptors (Lipinski definition) is 4. The second kappa shape index (κ2) is 4.37. The molecule has 5 nitrogen and oxygen atoms in total. The van der Waals surface area contributed by atoms with Crippen LogP contribution in [0.2, 0.25) is 0 Å². The highest BCUT2D eigenvalue weighted by molar-refractivity contribution is 5.57. The average molecular weight is 312 g/mol. The number of methoxy groups -OCH3 is 1. The summed E-state index contributed by atoms with van der Waals surface area (Å²) in [6.45, 7) is 0.261. The van der Waals surface area contributed by atoms with Crippen LogP contribution in [-0.4, -0.2) is 18.7 Å². The lowest BCUT2D eigenvalue weighted by Gasteiger charge is -2.44. The van der Waals surface area contributed by atoms with Crippen LogP contribution >= 0.6 is 0 Å². The van der Waals surface area contributed by atoms with Crippen LogP contribution in [0.3, 0.4) is 0 Å². The van der Waals surface area contributed by atoms with E-state index in [-0.39, 0.29) is 12.2 Å². The van der Waals surface area contributed by atoms with Crippen LogP contribution in [0.5, 0.6) is 0 Å². The van der Waals surface area contributed by atoms with Gasteiger partial charge in [-0.1, -0.05) is 0 Å². The van der Waals surface area contributed by atoms with E-state index in [4.69, 9.17) is 14.2 Å². The Balaban J connectivity index is 1.83. The SMILES string of the molecule is CO/C1=C/C23C=C4OCOC4=CC2=C2CC(CC/C2=C/[N+]1=O)C3. The van der Waals surface area contributed by atoms with Gasteiger partial charge >= 0.3 is 5.88 Å². The molecule has 118 valence electrons. The van der Waals surface area contributed by atoms with Gasteiger partial charge in [0.05, 0.1) is 7.11 Å². The molecule has 0 spiro atoms. The number of nitroso groups, excluding NO2 is 1. The predicted molar refractivity (Wildman–Crippen MR) is 81.4 cm³/mol. The first-order chi connectivity index (χ1) is 11.2. The normalized spacial score (nSPS) is 38.5. The molecule has 23 heavy (non-hydrogen) atoms. The van der Waals surface area contributed by atoms with Gasteiger partial charge in [0.15, 0.2) is 11.5 Å². The fraction of sp³-hybridized carbons (Fsp3) is 0.444. The van der Waals surface area contributed by atoms with Gasteiger partial charge in [0.1, 0.15) is 4.76 Å². The van der Waals surface area contributed by atoms with Crippen LogP contribution in [0.15, 0.2) is 58.5 Å². The summed E-state index contributed by atoms with van der Waals surface area (Å²) in [4.78, 5) is 12.4. The summed E-state index contributed by atoms with van der Waals surface area (Å²) in [5.74, 6) is 2.56. The van der Waals surface area contributed by atoms with Gasteiger partial charge in [-0.3, -0.25) is 0 Å². The predicted octanol–water partition coefficient (Wildman–Crippen LogP) is 3.42. The minimum Gasteiger partial charge on any atom is -0.454 e. The van der Waals surface area contributed by atoms with Gasteiger partial charge in [-0.15, -0.1) is 0 Å². The van der Waals surface area contributed by atoms with E-state index in [9.17, 15) is 4.91 Å². The Kier molecular flexibility index (Phi) is 2.50. The zero-order valence-corrected chi connectivity index (χ0v) is 13.0. The zero-order chi connectivity index (χ0) is 15.6. The van der Waals surface area contributed by atoms with Crippen molar-refractivity contribution in [1.82, 2.24) is 0 Å². The minimum atomic E-state index is -0.335. The summed E-state index contributed by atoms with van der Waals surface area (Å²) in [6, 6.07) is 0. The summed E-state index contributed by atoms with van der Waals surface area (Å²) >= 11 is 0. The maximum absolute atomic E-state index is 12.4. The topological polar surface area (TPSA) is 47.8 Å². The molecule has 2 fully saturated rings. The molecule has 2 aliphatic heterocycles. The Hall–Kier alpha value is -2.30. The van der Waals surface area contributed by atoms with Crippen molar-refractivity contribution in [3.8, 4) is 0 Å². The lowest BCUT2D eigenvalue weighted by Crippen LogP contribution is -2.35. The van der Waals surface area contributed by atoms with E-state index in [1.54, 1.807) is 13.3 Å². The van der Waals surface area contributed by atoms with Crippen molar-refractivity contribution in [1.29, 1.82) is 0 Å². The molecule has 0 aromatic carbocycles. The van der Waals surface area contributed by atoms with Gasteiger partial charge in [0, 0.05) is 22.0 Å². The van der Waals surface area contributed by atoms with Crippen molar-refractivity contribution in [3.63, 3.8) is 0 Å². The third kappa shape index (κ3) is 1.73. The maximum Gasteiger partial charge on any atom is 0.419 e. The molecule has 0 amide bonds. The molecule has 0 aromatic rings. The molecular formula is C18H18NO4+. The quantitative estimate of drug-likeness (QED) is 0.696. The highest BCUT2D eigenvalue weighted by atomic mass is 16.7. The lowest BCUT2D eigenvalue weighted by atomic mass is 9.59. The summed E-state index contributed by atoms with van der Waals surface area (Å²) in [6.07, 6.45) is 12.0. The largest absolute Gasteiger partial charge is 0.454 e. The van der Waals surface area contributed by atoms with Crippen LogP contribution in [0, 0.1) is 16.2 Å². The van der Waals surface area contributed by atoms with Crippen molar-refractivity contribution in [2.75, 3.05) is 13.9 Å². The Morgan fingerprint density at radius 3 is 3.04 bits per heavy atom. The monoisotopic (exact) mass is 312 g/mol. The number of allylic oxidation sites excluding steroid dienone is 6. The maximum atomic E-state index is 12.4. The van der Waals surface area contributed by atoms with Gasteiger partial charge in [0.25, 0.3) is 0 Å². The van der Waals surface area contributed by atoms with Crippen LogP contribution in [0.25, 0.3) is 0 Å². The fourth-order valence-corrected chi connectivity index (χ4v) is 4.56. The molecule has 0 aromatic heterocycles. The van der Waals surface area contributed by atoms with Gasteiger partial charge in [-0.2, -0.15) is 0 Å². The first kappa shape index (κ1) is 13.2. The van der Waals surface area contributed by atoms with Crippen molar-refractivity contribution < 1.29 is 19.0 Å². The summed E-state index contributed by atoms with van der Waals surface area (Å²) in [7, 11) is 1.55. The highest BCUT2D eigenvalue weighted by Crippen LogP contribution is 2.56. The summed E-state index contributed by atoms with van der Waals surface area (Å²) in [5.41, 5.74) is 3.34. The Morgan fingerprint density at radius 1 is 1.30 bits per heavy atom. The number of fused-ring (bicyclic) bond motifs is 2. The van der Waals surface area contributed by atoms with E-state index in [2.05, 4.69) is 12.2 Å². The van der Waals surface area contributed by atoms with E-state index in [0.717, 1.165) is 47.5 Å². The Morgan fingerprint density at radius 2 is 2.17 bits per heavy atom. The average Bonchev–Trinajstić information content (AvgIpc) is 2.99. The first-order valence-corrected chi connectivity index (χ1v) is 8.07. The van der Waals surface area contributed by atoms with Crippen molar-refractivity contribution in [3.05, 3.63) is 63.5 Å². The van der Waals surface area contributed by atoms with Crippen molar-refractivity contribution in [2.45, 2.75) is 25.7 Å². The Bertz CT molecular complexity index is 783. The van der Waals surface area contributed by atoms with Crippen LogP contribution in [0.1, 0.15) is 25.7 Å². The smallest absolute Gasteiger partial charge is 0.419 e. The number of rotatable bonds is 1. The molecule has 5 heteroatoms. The third-order valence-electron chi connectivity index (χ3n) is 5.57. The molecular weight excluding hydrogens is 294 g/mol.